The Hall–Kier alpha value is -2.81. The van der Waals surface area contributed by atoms with Crippen LogP contribution in [0.2, 0.25) is 0 Å². The van der Waals surface area contributed by atoms with Gasteiger partial charge in [-0.25, -0.2) is 18.0 Å². The summed E-state index contributed by atoms with van der Waals surface area (Å²) in [4.78, 5) is 24.3. The SMILES string of the molecule is CCOC(=O)C1=C(N)N(S(=O)(=O)c2ccc(C)cc2)CCC(C(=O)OC)=C1. The van der Waals surface area contributed by atoms with Crippen LogP contribution >= 0.6 is 0 Å². The van der Waals surface area contributed by atoms with Crippen LogP contribution in [-0.2, 0) is 29.1 Å². The van der Waals surface area contributed by atoms with Gasteiger partial charge in [0, 0.05) is 12.1 Å². The van der Waals surface area contributed by atoms with Crippen LogP contribution in [0.25, 0.3) is 0 Å². The zero-order chi connectivity index (χ0) is 20.2. The molecule has 0 saturated heterocycles. The zero-order valence-corrected chi connectivity index (χ0v) is 16.2. The van der Waals surface area contributed by atoms with Gasteiger partial charge in [-0.15, -0.1) is 0 Å². The van der Waals surface area contributed by atoms with E-state index >= 15 is 0 Å². The fourth-order valence-corrected chi connectivity index (χ4v) is 3.97. The molecule has 0 atom stereocenters. The van der Waals surface area contributed by atoms with Gasteiger partial charge in [0.05, 0.1) is 18.6 Å². The Labute approximate surface area is 158 Å². The van der Waals surface area contributed by atoms with Gasteiger partial charge in [0.2, 0.25) is 0 Å². The number of esters is 2. The third-order valence-corrected chi connectivity index (χ3v) is 5.83. The second kappa shape index (κ2) is 8.26. The number of ether oxygens (including phenoxy) is 2. The number of aryl methyl sites for hydroxylation is 1. The molecule has 1 aromatic rings. The van der Waals surface area contributed by atoms with Crippen molar-refractivity contribution in [3.63, 3.8) is 0 Å². The highest BCUT2D eigenvalue weighted by atomic mass is 32.2. The average Bonchev–Trinajstić information content (AvgIpc) is 2.81. The van der Waals surface area contributed by atoms with Crippen LogP contribution in [0.15, 0.2) is 52.2 Å². The van der Waals surface area contributed by atoms with Crippen molar-refractivity contribution >= 4 is 22.0 Å². The molecule has 0 aliphatic carbocycles. The van der Waals surface area contributed by atoms with Crippen LogP contribution in [0.1, 0.15) is 18.9 Å². The molecule has 27 heavy (non-hydrogen) atoms. The fraction of sp³-hybridized carbons (Fsp3) is 0.333. The first-order valence-electron chi connectivity index (χ1n) is 8.27. The summed E-state index contributed by atoms with van der Waals surface area (Å²) >= 11 is 0. The van der Waals surface area contributed by atoms with Gasteiger partial charge in [-0.2, -0.15) is 0 Å². The molecule has 0 aromatic heterocycles. The standard InChI is InChI=1S/C18H22N2O6S/c1-4-26-18(22)15-11-13(17(21)25-3)9-10-20(16(15)19)27(23,24)14-7-5-12(2)6-8-14/h5-8,11H,4,9-10,19H2,1-3H3. The van der Waals surface area contributed by atoms with Crippen LogP contribution in [0, 0.1) is 6.92 Å². The van der Waals surface area contributed by atoms with Gasteiger partial charge < -0.3 is 15.2 Å². The smallest absolute Gasteiger partial charge is 0.341 e. The van der Waals surface area contributed by atoms with Crippen LogP contribution < -0.4 is 5.73 Å². The minimum atomic E-state index is -4.03. The highest BCUT2D eigenvalue weighted by Crippen LogP contribution is 2.26. The molecule has 146 valence electrons. The first-order chi connectivity index (χ1) is 12.7. The molecule has 0 radical (unpaired) electrons. The molecule has 2 N–H and O–H groups in total. The third kappa shape index (κ3) is 4.30. The number of rotatable bonds is 5. The van der Waals surface area contributed by atoms with Crippen LogP contribution in [0.5, 0.6) is 0 Å². The maximum absolute atomic E-state index is 13.1. The summed E-state index contributed by atoms with van der Waals surface area (Å²) in [6.45, 7) is 3.40. The molecule has 0 spiro atoms. The Balaban J connectivity index is 2.55. The molecule has 0 unspecified atom stereocenters. The maximum Gasteiger partial charge on any atom is 0.341 e. The summed E-state index contributed by atoms with van der Waals surface area (Å²) in [5, 5.41) is 0. The van der Waals surface area contributed by atoms with Crippen molar-refractivity contribution in [2.24, 2.45) is 5.73 Å². The molecular weight excluding hydrogens is 372 g/mol. The fourth-order valence-electron chi connectivity index (χ4n) is 2.55. The molecule has 0 bridgehead atoms. The zero-order valence-electron chi connectivity index (χ0n) is 15.4. The van der Waals surface area contributed by atoms with Gasteiger partial charge in [-0.3, -0.25) is 4.31 Å². The van der Waals surface area contributed by atoms with Crippen LogP contribution in [0.4, 0.5) is 0 Å². The van der Waals surface area contributed by atoms with Crippen molar-refractivity contribution in [3.8, 4) is 0 Å². The first kappa shape index (κ1) is 20.5. The molecule has 2 rings (SSSR count). The van der Waals surface area contributed by atoms with Gasteiger partial charge in [0.15, 0.2) is 0 Å². The third-order valence-electron chi connectivity index (χ3n) is 4.00. The second-order valence-electron chi connectivity index (χ2n) is 5.82. The van der Waals surface area contributed by atoms with E-state index in [0.29, 0.717) is 0 Å². The number of benzene rings is 1. The summed E-state index contributed by atoms with van der Waals surface area (Å²) in [7, 11) is -2.83. The van der Waals surface area contributed by atoms with E-state index in [-0.39, 0.29) is 41.4 Å². The van der Waals surface area contributed by atoms with E-state index in [2.05, 4.69) is 0 Å². The number of hydrogen-bond acceptors (Lipinski definition) is 7. The Morgan fingerprint density at radius 2 is 1.81 bits per heavy atom. The van der Waals surface area contributed by atoms with Crippen molar-refractivity contribution in [1.29, 1.82) is 0 Å². The Morgan fingerprint density at radius 1 is 1.19 bits per heavy atom. The largest absolute Gasteiger partial charge is 0.466 e. The molecular formula is C18H22N2O6S. The minimum absolute atomic E-state index is 0.0285. The average molecular weight is 394 g/mol. The van der Waals surface area contributed by atoms with Crippen LogP contribution in [0.3, 0.4) is 0 Å². The van der Waals surface area contributed by atoms with Gasteiger partial charge in [-0.1, -0.05) is 17.7 Å². The lowest BCUT2D eigenvalue weighted by molar-refractivity contribution is -0.138. The molecule has 0 amide bonds. The predicted molar refractivity (Wildman–Crippen MR) is 97.6 cm³/mol. The highest BCUT2D eigenvalue weighted by Gasteiger charge is 2.32. The van der Waals surface area contributed by atoms with E-state index in [0.717, 1.165) is 9.87 Å². The second-order valence-corrected chi connectivity index (χ2v) is 7.68. The number of nitrogens with two attached hydrogens (primary N) is 1. The van der Waals surface area contributed by atoms with Crippen molar-refractivity contribution in [2.75, 3.05) is 20.3 Å². The summed E-state index contributed by atoms with van der Waals surface area (Å²) in [6.07, 6.45) is 1.26. The minimum Gasteiger partial charge on any atom is -0.466 e. The van der Waals surface area contributed by atoms with Gasteiger partial charge in [0.1, 0.15) is 11.4 Å². The molecule has 9 heteroatoms. The summed E-state index contributed by atoms with van der Waals surface area (Å²) in [5.41, 5.74) is 6.87. The molecule has 0 fully saturated rings. The monoisotopic (exact) mass is 394 g/mol. The summed E-state index contributed by atoms with van der Waals surface area (Å²) < 4.78 is 36.7. The quantitative estimate of drug-likeness (QED) is 0.747. The van der Waals surface area contributed by atoms with E-state index in [1.807, 2.05) is 6.92 Å². The van der Waals surface area contributed by atoms with Crippen molar-refractivity contribution in [2.45, 2.75) is 25.2 Å². The molecule has 0 saturated carbocycles. The lowest BCUT2D eigenvalue weighted by Crippen LogP contribution is -2.36. The predicted octanol–water partition coefficient (Wildman–Crippen LogP) is 1.22. The molecule has 8 nitrogen and oxygen atoms in total. The van der Waals surface area contributed by atoms with E-state index in [4.69, 9.17) is 15.2 Å². The lowest BCUT2D eigenvalue weighted by atomic mass is 10.1. The van der Waals surface area contributed by atoms with E-state index in [1.54, 1.807) is 19.1 Å². The number of carbonyl (C=O) groups is 2. The van der Waals surface area contributed by atoms with Gasteiger partial charge in [0.25, 0.3) is 10.0 Å². The number of sulfonamides is 1. The van der Waals surface area contributed by atoms with Gasteiger partial charge in [-0.05, 0) is 38.5 Å². The summed E-state index contributed by atoms with van der Waals surface area (Å²) in [6, 6.07) is 6.24. The lowest BCUT2D eigenvalue weighted by Gasteiger charge is -2.24. The summed E-state index contributed by atoms with van der Waals surface area (Å²) in [5.74, 6) is -1.78. The highest BCUT2D eigenvalue weighted by molar-refractivity contribution is 7.89. The molecule has 1 aliphatic heterocycles. The number of hydrogen-bond donors (Lipinski definition) is 1. The Morgan fingerprint density at radius 3 is 2.37 bits per heavy atom. The topological polar surface area (TPSA) is 116 Å². The first-order valence-corrected chi connectivity index (χ1v) is 9.71. The maximum atomic E-state index is 13.1. The normalized spacial score (nSPS) is 15.1. The van der Waals surface area contributed by atoms with Crippen molar-refractivity contribution in [3.05, 3.63) is 52.9 Å². The van der Waals surface area contributed by atoms with E-state index in [9.17, 15) is 18.0 Å². The van der Waals surface area contributed by atoms with E-state index < -0.39 is 22.0 Å². The Bertz CT molecular complexity index is 900. The number of carbonyl (C=O) groups excluding carboxylic acids is 2. The molecule has 1 heterocycles. The molecule has 1 aliphatic rings. The number of methoxy groups -OCH3 is 1. The van der Waals surface area contributed by atoms with Crippen molar-refractivity contribution < 1.29 is 27.5 Å². The van der Waals surface area contributed by atoms with Crippen molar-refractivity contribution in [1.82, 2.24) is 4.31 Å². The Kier molecular flexibility index (Phi) is 6.27. The van der Waals surface area contributed by atoms with Crippen LogP contribution in [-0.4, -0.2) is 44.9 Å². The molecule has 1 aromatic carbocycles. The van der Waals surface area contributed by atoms with Gasteiger partial charge >= 0.3 is 11.9 Å². The van der Waals surface area contributed by atoms with E-state index in [1.165, 1.54) is 25.3 Å². The number of nitrogens with zero attached hydrogens (tertiary/aromatic N) is 1.